The van der Waals surface area contributed by atoms with Crippen LogP contribution in [-0.2, 0) is 13.1 Å². The molecule has 0 aliphatic carbocycles. The molecule has 24 heavy (non-hydrogen) atoms. The second kappa shape index (κ2) is 8.68. The summed E-state index contributed by atoms with van der Waals surface area (Å²) in [6, 6.07) is 8.06. The molecule has 0 amide bonds. The number of para-hydroxylation sites is 1. The topological polar surface area (TPSA) is 49.8 Å². The minimum atomic E-state index is 0.595. The molecule has 2 rings (SSSR count). The van der Waals surface area contributed by atoms with E-state index in [9.17, 15) is 0 Å². The van der Waals surface area contributed by atoms with Crippen LogP contribution in [0.1, 0.15) is 28.1 Å². The molecule has 0 saturated carbocycles. The van der Waals surface area contributed by atoms with Gasteiger partial charge in [-0.2, -0.15) is 0 Å². The molecule has 130 valence electrons. The molecule has 5 nitrogen and oxygen atoms in total. The molecule has 1 heterocycles. The molecule has 0 atom stereocenters. The summed E-state index contributed by atoms with van der Waals surface area (Å²) in [5.74, 6) is 1.76. The molecule has 0 aliphatic rings. The van der Waals surface area contributed by atoms with Gasteiger partial charge in [0.1, 0.15) is 10.8 Å². The van der Waals surface area contributed by atoms with Crippen molar-refractivity contribution in [2.75, 3.05) is 20.7 Å². The van der Waals surface area contributed by atoms with E-state index < -0.39 is 0 Å². The lowest BCUT2D eigenvalue weighted by atomic mass is 10.2. The number of aliphatic imine (C=N–C) groups is 1. The smallest absolute Gasteiger partial charge is 0.194 e. The average molecular weight is 347 g/mol. The second-order valence-electron chi connectivity index (χ2n) is 5.59. The van der Waals surface area contributed by atoms with E-state index in [4.69, 9.17) is 9.73 Å². The highest BCUT2D eigenvalue weighted by Gasteiger charge is 2.10. The number of nitrogens with zero attached hydrogens (tertiary/aromatic N) is 3. The zero-order valence-electron chi connectivity index (χ0n) is 15.1. The number of ether oxygens (including phenoxy) is 1. The van der Waals surface area contributed by atoms with Gasteiger partial charge in [-0.1, -0.05) is 18.2 Å². The third-order valence-electron chi connectivity index (χ3n) is 3.73. The monoisotopic (exact) mass is 346 g/mol. The molecule has 1 aromatic carbocycles. The lowest BCUT2D eigenvalue weighted by Gasteiger charge is -2.23. The molecule has 0 radical (unpaired) electrons. The second-order valence-corrected chi connectivity index (χ2v) is 6.88. The van der Waals surface area contributed by atoms with Gasteiger partial charge in [-0.15, -0.1) is 11.3 Å². The SMILES string of the molecule is CCNC(=NCc1nc(C)c(C)s1)N(C)Cc1ccccc1OC. The number of aromatic nitrogens is 1. The van der Waals surface area contributed by atoms with Gasteiger partial charge in [-0.3, -0.25) is 0 Å². The van der Waals surface area contributed by atoms with E-state index in [1.807, 2.05) is 32.2 Å². The minimum absolute atomic E-state index is 0.595. The first-order valence-electron chi connectivity index (χ1n) is 8.09. The Kier molecular flexibility index (Phi) is 6.61. The molecule has 0 saturated heterocycles. The Morgan fingerprint density at radius 2 is 2.08 bits per heavy atom. The van der Waals surface area contributed by atoms with Crippen LogP contribution in [0.2, 0.25) is 0 Å². The minimum Gasteiger partial charge on any atom is -0.496 e. The van der Waals surface area contributed by atoms with Crippen molar-refractivity contribution in [3.05, 3.63) is 45.4 Å². The molecular weight excluding hydrogens is 320 g/mol. The van der Waals surface area contributed by atoms with E-state index >= 15 is 0 Å². The number of rotatable bonds is 6. The van der Waals surface area contributed by atoms with E-state index in [0.29, 0.717) is 6.54 Å². The largest absolute Gasteiger partial charge is 0.496 e. The van der Waals surface area contributed by atoms with Crippen LogP contribution < -0.4 is 10.1 Å². The molecule has 1 aromatic heterocycles. The van der Waals surface area contributed by atoms with Crippen LogP contribution in [0.25, 0.3) is 0 Å². The van der Waals surface area contributed by atoms with Gasteiger partial charge < -0.3 is 15.0 Å². The van der Waals surface area contributed by atoms with E-state index in [0.717, 1.165) is 41.1 Å². The highest BCUT2D eigenvalue weighted by Crippen LogP contribution is 2.19. The van der Waals surface area contributed by atoms with Gasteiger partial charge in [0.2, 0.25) is 0 Å². The molecule has 2 aromatic rings. The van der Waals surface area contributed by atoms with Crippen molar-refractivity contribution >= 4 is 17.3 Å². The van der Waals surface area contributed by atoms with Crippen LogP contribution in [0.3, 0.4) is 0 Å². The van der Waals surface area contributed by atoms with Crippen molar-refractivity contribution in [1.82, 2.24) is 15.2 Å². The van der Waals surface area contributed by atoms with Gasteiger partial charge in [0, 0.05) is 30.6 Å². The van der Waals surface area contributed by atoms with Crippen molar-refractivity contribution < 1.29 is 4.74 Å². The van der Waals surface area contributed by atoms with Crippen LogP contribution in [-0.4, -0.2) is 36.5 Å². The summed E-state index contributed by atoms with van der Waals surface area (Å²) in [5.41, 5.74) is 2.23. The van der Waals surface area contributed by atoms with Gasteiger partial charge in [0.25, 0.3) is 0 Å². The Balaban J connectivity index is 2.11. The lowest BCUT2D eigenvalue weighted by molar-refractivity contribution is 0.396. The number of nitrogens with one attached hydrogen (secondary N) is 1. The Morgan fingerprint density at radius 3 is 2.71 bits per heavy atom. The van der Waals surface area contributed by atoms with Crippen LogP contribution in [0.15, 0.2) is 29.3 Å². The van der Waals surface area contributed by atoms with Gasteiger partial charge in [-0.05, 0) is 26.8 Å². The maximum Gasteiger partial charge on any atom is 0.194 e. The standard InChI is InChI=1S/C18H26N4OS/c1-6-19-18(20-11-17-21-13(2)14(3)24-17)22(4)12-15-9-7-8-10-16(15)23-5/h7-10H,6,11-12H2,1-5H3,(H,19,20). The van der Waals surface area contributed by atoms with Gasteiger partial charge in [-0.25, -0.2) is 9.98 Å². The first-order chi connectivity index (χ1) is 11.5. The molecule has 0 aliphatic heterocycles. The Morgan fingerprint density at radius 1 is 1.33 bits per heavy atom. The van der Waals surface area contributed by atoms with Crippen molar-refractivity contribution in [2.45, 2.75) is 33.9 Å². The van der Waals surface area contributed by atoms with Gasteiger partial charge >= 0.3 is 0 Å². The van der Waals surface area contributed by atoms with Crippen molar-refractivity contribution in [3.63, 3.8) is 0 Å². The molecule has 0 unspecified atom stereocenters. The predicted octanol–water partition coefficient (Wildman–Crippen LogP) is 3.37. The zero-order chi connectivity index (χ0) is 17.5. The number of guanidine groups is 1. The first kappa shape index (κ1) is 18.3. The van der Waals surface area contributed by atoms with E-state index in [1.165, 1.54) is 4.88 Å². The van der Waals surface area contributed by atoms with E-state index in [1.54, 1.807) is 18.4 Å². The highest BCUT2D eigenvalue weighted by atomic mass is 32.1. The summed E-state index contributed by atoms with van der Waals surface area (Å²) in [4.78, 5) is 12.6. The fraction of sp³-hybridized carbons (Fsp3) is 0.444. The van der Waals surface area contributed by atoms with Crippen molar-refractivity contribution in [1.29, 1.82) is 0 Å². The summed E-state index contributed by atoms with van der Waals surface area (Å²) < 4.78 is 5.44. The van der Waals surface area contributed by atoms with Crippen LogP contribution in [0.4, 0.5) is 0 Å². The van der Waals surface area contributed by atoms with Gasteiger partial charge in [0.15, 0.2) is 5.96 Å². The molecular formula is C18H26N4OS. The molecule has 0 spiro atoms. The normalized spacial score (nSPS) is 11.5. The quantitative estimate of drug-likeness (QED) is 0.644. The Hall–Kier alpha value is -2.08. The summed E-state index contributed by atoms with van der Waals surface area (Å²) in [6.45, 7) is 8.36. The molecule has 1 N–H and O–H groups in total. The third-order valence-corrected chi connectivity index (χ3v) is 4.79. The molecule has 0 fully saturated rings. The van der Waals surface area contributed by atoms with E-state index in [-0.39, 0.29) is 0 Å². The number of hydrogen-bond acceptors (Lipinski definition) is 4. The molecule has 6 heteroatoms. The number of benzene rings is 1. The summed E-state index contributed by atoms with van der Waals surface area (Å²) >= 11 is 1.71. The summed E-state index contributed by atoms with van der Waals surface area (Å²) in [7, 11) is 3.73. The number of thiazole rings is 1. The number of methoxy groups -OCH3 is 1. The van der Waals surface area contributed by atoms with Crippen LogP contribution in [0.5, 0.6) is 5.75 Å². The maximum absolute atomic E-state index is 5.44. The summed E-state index contributed by atoms with van der Waals surface area (Å²) in [5, 5.41) is 4.39. The average Bonchev–Trinajstić information content (AvgIpc) is 2.90. The molecule has 0 bridgehead atoms. The van der Waals surface area contributed by atoms with Crippen LogP contribution in [0, 0.1) is 13.8 Å². The fourth-order valence-corrected chi connectivity index (χ4v) is 3.24. The first-order valence-corrected chi connectivity index (χ1v) is 8.91. The van der Waals surface area contributed by atoms with Crippen molar-refractivity contribution in [3.8, 4) is 5.75 Å². The predicted molar refractivity (Wildman–Crippen MR) is 101 cm³/mol. The van der Waals surface area contributed by atoms with Crippen molar-refractivity contribution in [2.24, 2.45) is 4.99 Å². The fourth-order valence-electron chi connectivity index (χ4n) is 2.38. The maximum atomic E-state index is 5.44. The Labute approximate surface area is 148 Å². The van der Waals surface area contributed by atoms with E-state index in [2.05, 4.69) is 35.1 Å². The lowest BCUT2D eigenvalue weighted by Crippen LogP contribution is -2.38. The zero-order valence-corrected chi connectivity index (χ0v) is 15.9. The Bertz CT molecular complexity index is 677. The number of aryl methyl sites for hydroxylation is 2. The van der Waals surface area contributed by atoms with Gasteiger partial charge in [0.05, 0.1) is 19.3 Å². The highest BCUT2D eigenvalue weighted by molar-refractivity contribution is 7.11. The number of hydrogen-bond donors (Lipinski definition) is 1. The van der Waals surface area contributed by atoms with Crippen LogP contribution >= 0.6 is 11.3 Å². The summed E-state index contributed by atoms with van der Waals surface area (Å²) in [6.07, 6.45) is 0. The third kappa shape index (κ3) is 4.71.